The Hall–Kier alpha value is -1.61. The highest BCUT2D eigenvalue weighted by atomic mass is 16.4. The van der Waals surface area contributed by atoms with Gasteiger partial charge in [0.2, 0.25) is 0 Å². The largest absolute Gasteiger partial charge is 0.423 e. The lowest BCUT2D eigenvalue weighted by atomic mass is 10.0. The lowest BCUT2D eigenvalue weighted by Gasteiger charge is -2.10. The summed E-state index contributed by atoms with van der Waals surface area (Å²) in [5.74, 6) is 0. The van der Waals surface area contributed by atoms with Crippen LogP contribution >= 0.6 is 0 Å². The first-order chi connectivity index (χ1) is 7.83. The van der Waals surface area contributed by atoms with Crippen molar-refractivity contribution in [2.75, 3.05) is 6.54 Å². The molecule has 1 aliphatic heterocycles. The lowest BCUT2D eigenvalue weighted by molar-refractivity contribution is 0.560. The summed E-state index contributed by atoms with van der Waals surface area (Å²) in [6.07, 6.45) is 2.41. The van der Waals surface area contributed by atoms with Crippen molar-refractivity contribution in [1.29, 1.82) is 0 Å². The lowest BCUT2D eigenvalue weighted by Crippen LogP contribution is -2.12. The molecule has 16 heavy (non-hydrogen) atoms. The molecule has 1 atom stereocenters. The van der Waals surface area contributed by atoms with Crippen LogP contribution in [0.3, 0.4) is 0 Å². The van der Waals surface area contributed by atoms with Crippen LogP contribution in [0.5, 0.6) is 0 Å². The van der Waals surface area contributed by atoms with Gasteiger partial charge in [-0.15, -0.1) is 0 Å². The molecule has 1 aromatic heterocycles. The molecule has 0 unspecified atom stereocenters. The first kappa shape index (κ1) is 9.60. The maximum atomic E-state index is 11.0. The Bertz CT molecular complexity index is 567. The Labute approximate surface area is 93.1 Å². The van der Waals surface area contributed by atoms with Gasteiger partial charge >= 0.3 is 5.63 Å². The highest BCUT2D eigenvalue weighted by Gasteiger charge is 2.16. The van der Waals surface area contributed by atoms with E-state index in [2.05, 4.69) is 11.4 Å². The Kier molecular flexibility index (Phi) is 2.26. The van der Waals surface area contributed by atoms with Crippen molar-refractivity contribution in [3.63, 3.8) is 0 Å². The molecule has 0 bridgehead atoms. The van der Waals surface area contributed by atoms with E-state index in [4.69, 9.17) is 4.42 Å². The van der Waals surface area contributed by atoms with Crippen molar-refractivity contribution in [2.45, 2.75) is 18.9 Å². The van der Waals surface area contributed by atoms with Gasteiger partial charge in [-0.05, 0) is 43.1 Å². The predicted molar refractivity (Wildman–Crippen MR) is 62.5 cm³/mol. The SMILES string of the molecule is O=c1ccc2cc([C@H]3CCCN3)ccc2o1. The Morgan fingerprint density at radius 2 is 2.19 bits per heavy atom. The maximum Gasteiger partial charge on any atom is 0.336 e. The summed E-state index contributed by atoms with van der Waals surface area (Å²) < 4.78 is 5.10. The summed E-state index contributed by atoms with van der Waals surface area (Å²) in [6.45, 7) is 1.09. The van der Waals surface area contributed by atoms with Gasteiger partial charge in [0.05, 0.1) is 0 Å². The highest BCUT2D eigenvalue weighted by Crippen LogP contribution is 2.25. The quantitative estimate of drug-likeness (QED) is 0.742. The van der Waals surface area contributed by atoms with Crippen LogP contribution in [-0.4, -0.2) is 6.54 Å². The topological polar surface area (TPSA) is 42.2 Å². The van der Waals surface area contributed by atoms with Crippen LogP contribution in [0.4, 0.5) is 0 Å². The highest BCUT2D eigenvalue weighted by molar-refractivity contribution is 5.77. The molecular weight excluding hydrogens is 202 g/mol. The van der Waals surface area contributed by atoms with Crippen LogP contribution in [0.25, 0.3) is 11.0 Å². The molecule has 0 amide bonds. The molecule has 1 saturated heterocycles. The van der Waals surface area contributed by atoms with E-state index >= 15 is 0 Å². The fraction of sp³-hybridized carbons (Fsp3) is 0.308. The monoisotopic (exact) mass is 215 g/mol. The second kappa shape index (κ2) is 3.76. The average molecular weight is 215 g/mol. The smallest absolute Gasteiger partial charge is 0.336 e. The molecule has 3 heteroatoms. The zero-order valence-electron chi connectivity index (χ0n) is 8.90. The zero-order valence-corrected chi connectivity index (χ0v) is 8.90. The Morgan fingerprint density at radius 3 is 3.00 bits per heavy atom. The number of rotatable bonds is 1. The number of hydrogen-bond acceptors (Lipinski definition) is 3. The van der Waals surface area contributed by atoms with E-state index in [1.54, 1.807) is 0 Å². The van der Waals surface area contributed by atoms with Gasteiger partial charge in [-0.3, -0.25) is 0 Å². The van der Waals surface area contributed by atoms with Crippen molar-refractivity contribution >= 4 is 11.0 Å². The minimum atomic E-state index is -0.292. The van der Waals surface area contributed by atoms with Crippen molar-refractivity contribution in [3.05, 3.63) is 46.3 Å². The summed E-state index contributed by atoms with van der Waals surface area (Å²) in [5.41, 5.74) is 1.65. The first-order valence-electron chi connectivity index (χ1n) is 5.60. The third-order valence-electron chi connectivity index (χ3n) is 3.11. The van der Waals surface area contributed by atoms with Crippen molar-refractivity contribution in [3.8, 4) is 0 Å². The average Bonchev–Trinajstić information content (AvgIpc) is 2.82. The second-order valence-corrected chi connectivity index (χ2v) is 4.20. The van der Waals surface area contributed by atoms with E-state index in [-0.39, 0.29) is 5.63 Å². The first-order valence-corrected chi connectivity index (χ1v) is 5.60. The van der Waals surface area contributed by atoms with Crippen LogP contribution in [0.1, 0.15) is 24.4 Å². The Morgan fingerprint density at radius 1 is 1.25 bits per heavy atom. The van der Waals surface area contributed by atoms with Crippen LogP contribution in [-0.2, 0) is 0 Å². The zero-order chi connectivity index (χ0) is 11.0. The summed E-state index contributed by atoms with van der Waals surface area (Å²) in [6, 6.07) is 9.76. The van der Waals surface area contributed by atoms with E-state index < -0.39 is 0 Å². The van der Waals surface area contributed by atoms with Gasteiger partial charge < -0.3 is 9.73 Å². The van der Waals surface area contributed by atoms with Gasteiger partial charge in [-0.2, -0.15) is 0 Å². The molecule has 3 rings (SSSR count). The van der Waals surface area contributed by atoms with Gasteiger partial charge in [0.25, 0.3) is 0 Å². The molecule has 2 heterocycles. The normalized spacial score (nSPS) is 20.4. The van der Waals surface area contributed by atoms with Crippen molar-refractivity contribution < 1.29 is 4.42 Å². The predicted octanol–water partition coefficient (Wildman–Crippen LogP) is 2.22. The number of hydrogen-bond donors (Lipinski definition) is 1. The molecule has 82 valence electrons. The molecule has 1 aromatic carbocycles. The molecule has 0 aliphatic carbocycles. The third-order valence-corrected chi connectivity index (χ3v) is 3.11. The van der Waals surface area contributed by atoms with Crippen LogP contribution in [0, 0.1) is 0 Å². The summed E-state index contributed by atoms with van der Waals surface area (Å²) in [7, 11) is 0. The van der Waals surface area contributed by atoms with Gasteiger partial charge in [-0.25, -0.2) is 4.79 Å². The minimum absolute atomic E-state index is 0.292. The summed E-state index contributed by atoms with van der Waals surface area (Å²) >= 11 is 0. The third kappa shape index (κ3) is 1.63. The fourth-order valence-corrected chi connectivity index (χ4v) is 2.28. The van der Waals surface area contributed by atoms with E-state index in [0.29, 0.717) is 11.6 Å². The Balaban J connectivity index is 2.08. The molecule has 1 fully saturated rings. The summed E-state index contributed by atoms with van der Waals surface area (Å²) in [5, 5.41) is 4.45. The van der Waals surface area contributed by atoms with E-state index in [9.17, 15) is 4.79 Å². The molecule has 2 aromatic rings. The molecule has 0 spiro atoms. The molecular formula is C13H13NO2. The molecule has 1 aliphatic rings. The molecule has 1 N–H and O–H groups in total. The van der Waals surface area contributed by atoms with Gasteiger partial charge in [-0.1, -0.05) is 6.07 Å². The minimum Gasteiger partial charge on any atom is -0.423 e. The molecule has 0 saturated carbocycles. The standard InChI is InChI=1S/C13H13NO2/c15-13-6-4-10-8-9(3-5-12(10)16-13)11-2-1-7-14-11/h3-6,8,11,14H,1-2,7H2/t11-/m1/s1. The van der Waals surface area contributed by atoms with Crippen molar-refractivity contribution in [1.82, 2.24) is 5.32 Å². The van der Waals surface area contributed by atoms with Gasteiger partial charge in [0.15, 0.2) is 0 Å². The van der Waals surface area contributed by atoms with Crippen LogP contribution in [0.15, 0.2) is 39.5 Å². The van der Waals surface area contributed by atoms with Crippen LogP contribution < -0.4 is 10.9 Å². The van der Waals surface area contributed by atoms with Gasteiger partial charge in [0.1, 0.15) is 5.58 Å². The van der Waals surface area contributed by atoms with Gasteiger partial charge in [0, 0.05) is 17.5 Å². The van der Waals surface area contributed by atoms with Crippen LogP contribution in [0.2, 0.25) is 0 Å². The fourth-order valence-electron chi connectivity index (χ4n) is 2.28. The molecule has 0 radical (unpaired) electrons. The second-order valence-electron chi connectivity index (χ2n) is 4.20. The number of fused-ring (bicyclic) bond motifs is 1. The number of benzene rings is 1. The van der Waals surface area contributed by atoms with E-state index in [1.165, 1.54) is 24.5 Å². The summed E-state index contributed by atoms with van der Waals surface area (Å²) in [4.78, 5) is 11.0. The maximum absolute atomic E-state index is 11.0. The number of nitrogens with one attached hydrogen (secondary N) is 1. The van der Waals surface area contributed by atoms with E-state index in [1.807, 2.05) is 18.2 Å². The van der Waals surface area contributed by atoms with E-state index in [0.717, 1.165) is 11.9 Å². The van der Waals surface area contributed by atoms with Crippen molar-refractivity contribution in [2.24, 2.45) is 0 Å². The molecule has 3 nitrogen and oxygen atoms in total.